The van der Waals surface area contributed by atoms with Gasteiger partial charge in [-0.25, -0.2) is 0 Å². The van der Waals surface area contributed by atoms with Gasteiger partial charge in [-0.1, -0.05) is 47.5 Å². The van der Waals surface area contributed by atoms with E-state index in [1.54, 1.807) is 0 Å². The lowest BCUT2D eigenvalue weighted by Crippen LogP contribution is -2.45. The van der Waals surface area contributed by atoms with Gasteiger partial charge >= 0.3 is 0 Å². The molecule has 0 saturated carbocycles. The second kappa shape index (κ2) is 7.24. The molecule has 0 aromatic rings. The molecule has 15 heavy (non-hydrogen) atoms. The van der Waals surface area contributed by atoms with Gasteiger partial charge in [0.05, 0.1) is 6.10 Å². The molecule has 0 aliphatic carbocycles. The van der Waals surface area contributed by atoms with Crippen molar-refractivity contribution in [1.29, 1.82) is 0 Å². The Morgan fingerprint density at radius 3 is 2.13 bits per heavy atom. The van der Waals surface area contributed by atoms with Crippen LogP contribution in [0.1, 0.15) is 60.3 Å². The lowest BCUT2D eigenvalue weighted by Gasteiger charge is -2.34. The standard InChI is InChI=1S/C13H29NO/c1-6-8-9-10-15-12(11(14)7-2)13(3,4)5/h11-12H,6-10,14H2,1-5H3. The van der Waals surface area contributed by atoms with Crippen molar-refractivity contribution in [3.05, 3.63) is 0 Å². The Hall–Kier alpha value is -0.0800. The van der Waals surface area contributed by atoms with E-state index in [4.69, 9.17) is 10.5 Å². The number of ether oxygens (including phenoxy) is 1. The highest BCUT2D eigenvalue weighted by Gasteiger charge is 2.29. The first kappa shape index (κ1) is 14.9. The molecule has 0 aromatic carbocycles. The van der Waals surface area contributed by atoms with Crippen LogP contribution in [0, 0.1) is 5.41 Å². The van der Waals surface area contributed by atoms with Gasteiger partial charge in [-0.3, -0.25) is 0 Å². The maximum absolute atomic E-state index is 6.09. The average molecular weight is 215 g/mol. The minimum absolute atomic E-state index is 0.141. The Morgan fingerprint density at radius 1 is 1.13 bits per heavy atom. The number of hydrogen-bond acceptors (Lipinski definition) is 2. The van der Waals surface area contributed by atoms with E-state index in [-0.39, 0.29) is 17.6 Å². The van der Waals surface area contributed by atoms with E-state index < -0.39 is 0 Å². The van der Waals surface area contributed by atoms with Gasteiger partial charge in [0.1, 0.15) is 0 Å². The van der Waals surface area contributed by atoms with Crippen LogP contribution in [0.5, 0.6) is 0 Å². The molecule has 0 aliphatic rings. The van der Waals surface area contributed by atoms with Crippen LogP contribution in [-0.2, 0) is 4.74 Å². The van der Waals surface area contributed by atoms with Crippen LogP contribution in [0.4, 0.5) is 0 Å². The molecule has 2 atom stereocenters. The Balaban J connectivity index is 4.03. The van der Waals surface area contributed by atoms with Gasteiger partial charge in [-0.15, -0.1) is 0 Å². The highest BCUT2D eigenvalue weighted by molar-refractivity contribution is 4.83. The first-order valence-corrected chi connectivity index (χ1v) is 6.30. The quantitative estimate of drug-likeness (QED) is 0.661. The molecule has 0 radical (unpaired) electrons. The summed E-state index contributed by atoms with van der Waals surface area (Å²) in [6.45, 7) is 11.8. The second-order valence-electron chi connectivity index (χ2n) is 5.44. The first-order valence-electron chi connectivity index (χ1n) is 6.30. The van der Waals surface area contributed by atoms with Crippen molar-refractivity contribution in [3.63, 3.8) is 0 Å². The zero-order chi connectivity index (χ0) is 11.9. The summed E-state index contributed by atoms with van der Waals surface area (Å²) in [6, 6.07) is 0.159. The predicted octanol–water partition coefficient (Wildman–Crippen LogP) is 3.35. The molecule has 0 aliphatic heterocycles. The molecule has 0 bridgehead atoms. The molecule has 0 spiro atoms. The molecule has 0 aromatic heterocycles. The van der Waals surface area contributed by atoms with E-state index in [1.165, 1.54) is 12.8 Å². The van der Waals surface area contributed by atoms with E-state index in [0.717, 1.165) is 19.4 Å². The monoisotopic (exact) mass is 215 g/mol. The van der Waals surface area contributed by atoms with Crippen LogP contribution in [0.15, 0.2) is 0 Å². The van der Waals surface area contributed by atoms with Crippen LogP contribution in [0.3, 0.4) is 0 Å². The van der Waals surface area contributed by atoms with Crippen molar-refractivity contribution in [2.75, 3.05) is 6.61 Å². The Kier molecular flexibility index (Phi) is 7.20. The largest absolute Gasteiger partial charge is 0.376 e. The fourth-order valence-corrected chi connectivity index (χ4v) is 1.79. The fourth-order valence-electron chi connectivity index (χ4n) is 1.79. The first-order chi connectivity index (χ1) is 6.93. The van der Waals surface area contributed by atoms with Crippen LogP contribution >= 0.6 is 0 Å². The minimum atomic E-state index is 0.141. The lowest BCUT2D eigenvalue weighted by atomic mass is 9.84. The van der Waals surface area contributed by atoms with Gasteiger partial charge in [0, 0.05) is 12.6 Å². The van der Waals surface area contributed by atoms with Gasteiger partial charge in [0.2, 0.25) is 0 Å². The summed E-state index contributed by atoms with van der Waals surface area (Å²) >= 11 is 0. The molecule has 0 rings (SSSR count). The summed E-state index contributed by atoms with van der Waals surface area (Å²) < 4.78 is 5.94. The van der Waals surface area contributed by atoms with Crippen molar-refractivity contribution in [2.24, 2.45) is 11.1 Å². The van der Waals surface area contributed by atoms with Crippen molar-refractivity contribution in [1.82, 2.24) is 0 Å². The molecule has 0 heterocycles. The maximum Gasteiger partial charge on any atom is 0.0773 e. The normalized spacial score (nSPS) is 16.4. The smallest absolute Gasteiger partial charge is 0.0773 e. The second-order valence-corrected chi connectivity index (χ2v) is 5.44. The van der Waals surface area contributed by atoms with E-state index in [1.807, 2.05) is 0 Å². The molecule has 2 nitrogen and oxygen atoms in total. The van der Waals surface area contributed by atoms with Crippen LogP contribution in [-0.4, -0.2) is 18.8 Å². The number of nitrogens with two attached hydrogens (primary N) is 1. The zero-order valence-corrected chi connectivity index (χ0v) is 11.2. The van der Waals surface area contributed by atoms with Crippen molar-refractivity contribution in [3.8, 4) is 0 Å². The molecular formula is C13H29NO. The van der Waals surface area contributed by atoms with Gasteiger partial charge in [-0.2, -0.15) is 0 Å². The van der Waals surface area contributed by atoms with E-state index in [0.29, 0.717) is 0 Å². The van der Waals surface area contributed by atoms with Crippen LogP contribution in [0.2, 0.25) is 0 Å². The van der Waals surface area contributed by atoms with Gasteiger partial charge in [-0.05, 0) is 18.3 Å². The summed E-state index contributed by atoms with van der Waals surface area (Å²) in [4.78, 5) is 0. The van der Waals surface area contributed by atoms with Crippen LogP contribution < -0.4 is 5.73 Å². The Labute approximate surface area is 95.6 Å². The number of hydrogen-bond donors (Lipinski definition) is 1. The van der Waals surface area contributed by atoms with E-state index in [2.05, 4.69) is 34.6 Å². The van der Waals surface area contributed by atoms with Crippen molar-refractivity contribution < 1.29 is 4.74 Å². The number of rotatable bonds is 7. The third-order valence-corrected chi connectivity index (χ3v) is 2.76. The summed E-state index contributed by atoms with van der Waals surface area (Å²) in [5.74, 6) is 0. The molecule has 2 unspecified atom stereocenters. The van der Waals surface area contributed by atoms with E-state index in [9.17, 15) is 0 Å². The molecule has 0 fully saturated rings. The summed E-state index contributed by atoms with van der Waals surface area (Å²) in [5.41, 5.74) is 6.23. The van der Waals surface area contributed by atoms with Crippen LogP contribution in [0.25, 0.3) is 0 Å². The molecule has 2 N–H and O–H groups in total. The molecule has 2 heteroatoms. The average Bonchev–Trinajstić information content (AvgIpc) is 2.15. The highest BCUT2D eigenvalue weighted by Crippen LogP contribution is 2.25. The summed E-state index contributed by atoms with van der Waals surface area (Å²) in [5, 5.41) is 0. The highest BCUT2D eigenvalue weighted by atomic mass is 16.5. The zero-order valence-electron chi connectivity index (χ0n) is 11.2. The van der Waals surface area contributed by atoms with Gasteiger partial charge in [0.25, 0.3) is 0 Å². The third-order valence-electron chi connectivity index (χ3n) is 2.76. The Morgan fingerprint density at radius 2 is 1.73 bits per heavy atom. The predicted molar refractivity (Wildman–Crippen MR) is 67.0 cm³/mol. The lowest BCUT2D eigenvalue weighted by molar-refractivity contribution is -0.0354. The van der Waals surface area contributed by atoms with Crippen molar-refractivity contribution >= 4 is 0 Å². The molecule has 0 saturated heterocycles. The summed E-state index contributed by atoms with van der Waals surface area (Å²) in [7, 11) is 0. The Bertz CT molecular complexity index is 151. The number of unbranched alkanes of at least 4 members (excludes halogenated alkanes) is 2. The minimum Gasteiger partial charge on any atom is -0.376 e. The third kappa shape index (κ3) is 6.16. The SMILES string of the molecule is CCCCCOC(C(N)CC)C(C)(C)C. The van der Waals surface area contributed by atoms with Crippen molar-refractivity contribution in [2.45, 2.75) is 72.4 Å². The van der Waals surface area contributed by atoms with E-state index >= 15 is 0 Å². The topological polar surface area (TPSA) is 35.2 Å². The summed E-state index contributed by atoms with van der Waals surface area (Å²) in [6.07, 6.45) is 4.80. The maximum atomic E-state index is 6.09. The molecule has 92 valence electrons. The molecule has 0 amide bonds. The van der Waals surface area contributed by atoms with Gasteiger partial charge in [0.15, 0.2) is 0 Å². The van der Waals surface area contributed by atoms with Gasteiger partial charge < -0.3 is 10.5 Å². The molecular weight excluding hydrogens is 186 g/mol. The fraction of sp³-hybridized carbons (Fsp3) is 1.00.